The quantitative estimate of drug-likeness (QED) is 0.559. The SMILES string of the molecule is O=C(CCC1CCCCC1)OCCCc1cccnc1. The molecule has 1 aromatic heterocycles. The second kappa shape index (κ2) is 8.72. The van der Waals surface area contributed by atoms with Crippen LogP contribution in [0.25, 0.3) is 0 Å². The third-order valence-corrected chi connectivity index (χ3v) is 4.08. The van der Waals surface area contributed by atoms with E-state index in [2.05, 4.69) is 11.1 Å². The Morgan fingerprint density at radius 3 is 2.90 bits per heavy atom. The second-order valence-corrected chi connectivity index (χ2v) is 5.73. The van der Waals surface area contributed by atoms with Crippen LogP contribution in [0.3, 0.4) is 0 Å². The van der Waals surface area contributed by atoms with E-state index in [1.54, 1.807) is 6.20 Å². The molecule has 1 aliphatic carbocycles. The number of nitrogens with zero attached hydrogens (tertiary/aromatic N) is 1. The summed E-state index contributed by atoms with van der Waals surface area (Å²) in [5.74, 6) is 0.730. The Balaban J connectivity index is 1.51. The molecule has 0 unspecified atom stereocenters. The molecule has 1 fully saturated rings. The Labute approximate surface area is 121 Å². The van der Waals surface area contributed by atoms with Crippen molar-refractivity contribution in [3.63, 3.8) is 0 Å². The summed E-state index contributed by atoms with van der Waals surface area (Å²) in [5.41, 5.74) is 1.20. The highest BCUT2D eigenvalue weighted by Gasteiger charge is 2.15. The normalized spacial score (nSPS) is 16.0. The molecular weight excluding hydrogens is 250 g/mol. The van der Waals surface area contributed by atoms with Crippen LogP contribution in [-0.2, 0) is 16.0 Å². The molecule has 1 aliphatic rings. The standard InChI is InChI=1S/C17H25NO2/c19-17(11-10-15-6-2-1-3-7-15)20-13-5-9-16-8-4-12-18-14-16/h4,8,12,14-15H,1-3,5-7,9-11,13H2. The molecule has 1 aromatic rings. The number of aromatic nitrogens is 1. The summed E-state index contributed by atoms with van der Waals surface area (Å²) in [7, 11) is 0. The first-order valence-electron chi connectivity index (χ1n) is 7.89. The summed E-state index contributed by atoms with van der Waals surface area (Å²) in [4.78, 5) is 15.7. The van der Waals surface area contributed by atoms with Crippen LogP contribution < -0.4 is 0 Å². The molecule has 0 radical (unpaired) electrons. The predicted octanol–water partition coefficient (Wildman–Crippen LogP) is 3.92. The van der Waals surface area contributed by atoms with Crippen LogP contribution in [-0.4, -0.2) is 17.6 Å². The van der Waals surface area contributed by atoms with Gasteiger partial charge in [0.15, 0.2) is 0 Å². The van der Waals surface area contributed by atoms with Gasteiger partial charge in [0, 0.05) is 18.8 Å². The number of rotatable bonds is 7. The van der Waals surface area contributed by atoms with E-state index in [4.69, 9.17) is 4.74 Å². The van der Waals surface area contributed by atoms with Gasteiger partial charge < -0.3 is 4.74 Å². The monoisotopic (exact) mass is 275 g/mol. The number of aryl methyl sites for hydroxylation is 1. The van der Waals surface area contributed by atoms with Crippen molar-refractivity contribution in [2.24, 2.45) is 5.92 Å². The summed E-state index contributed by atoms with van der Waals surface area (Å²) in [6, 6.07) is 3.99. The molecule has 3 heteroatoms. The van der Waals surface area contributed by atoms with Crippen LogP contribution in [0.1, 0.15) is 56.9 Å². The third-order valence-electron chi connectivity index (χ3n) is 4.08. The maximum Gasteiger partial charge on any atom is 0.305 e. The van der Waals surface area contributed by atoms with Crippen molar-refractivity contribution in [3.8, 4) is 0 Å². The number of pyridine rings is 1. The molecule has 110 valence electrons. The highest BCUT2D eigenvalue weighted by Crippen LogP contribution is 2.27. The molecule has 1 saturated carbocycles. The van der Waals surface area contributed by atoms with Gasteiger partial charge in [-0.2, -0.15) is 0 Å². The van der Waals surface area contributed by atoms with Gasteiger partial charge in [0.2, 0.25) is 0 Å². The first-order valence-corrected chi connectivity index (χ1v) is 7.89. The summed E-state index contributed by atoms with van der Waals surface area (Å²) >= 11 is 0. The lowest BCUT2D eigenvalue weighted by atomic mass is 9.86. The van der Waals surface area contributed by atoms with E-state index in [0.29, 0.717) is 13.0 Å². The smallest absolute Gasteiger partial charge is 0.305 e. The minimum atomic E-state index is -0.0261. The van der Waals surface area contributed by atoms with Crippen molar-refractivity contribution >= 4 is 5.97 Å². The molecule has 0 bridgehead atoms. The molecule has 0 N–H and O–H groups in total. The zero-order valence-electron chi connectivity index (χ0n) is 12.2. The minimum Gasteiger partial charge on any atom is -0.466 e. The van der Waals surface area contributed by atoms with Crippen LogP contribution >= 0.6 is 0 Å². The van der Waals surface area contributed by atoms with Gasteiger partial charge >= 0.3 is 5.97 Å². The predicted molar refractivity (Wildman–Crippen MR) is 79.3 cm³/mol. The maximum absolute atomic E-state index is 11.7. The molecule has 0 spiro atoms. The van der Waals surface area contributed by atoms with Gasteiger partial charge in [0.05, 0.1) is 6.61 Å². The van der Waals surface area contributed by atoms with Gasteiger partial charge in [0.25, 0.3) is 0 Å². The van der Waals surface area contributed by atoms with Gasteiger partial charge in [-0.1, -0.05) is 38.2 Å². The number of hydrogen-bond acceptors (Lipinski definition) is 3. The zero-order chi connectivity index (χ0) is 14.0. The van der Waals surface area contributed by atoms with Crippen molar-refractivity contribution < 1.29 is 9.53 Å². The van der Waals surface area contributed by atoms with E-state index in [1.807, 2.05) is 12.3 Å². The van der Waals surface area contributed by atoms with E-state index >= 15 is 0 Å². The third kappa shape index (κ3) is 5.72. The van der Waals surface area contributed by atoms with Gasteiger partial charge in [0.1, 0.15) is 0 Å². The number of ether oxygens (including phenoxy) is 1. The zero-order valence-corrected chi connectivity index (χ0v) is 12.2. The largest absolute Gasteiger partial charge is 0.466 e. The lowest BCUT2D eigenvalue weighted by Crippen LogP contribution is -2.11. The van der Waals surface area contributed by atoms with Gasteiger partial charge in [-0.15, -0.1) is 0 Å². The van der Waals surface area contributed by atoms with Gasteiger partial charge in [-0.3, -0.25) is 9.78 Å². The Hall–Kier alpha value is -1.38. The Morgan fingerprint density at radius 1 is 1.30 bits per heavy atom. The van der Waals surface area contributed by atoms with Gasteiger partial charge in [-0.05, 0) is 36.8 Å². The lowest BCUT2D eigenvalue weighted by molar-refractivity contribution is -0.144. The van der Waals surface area contributed by atoms with Crippen LogP contribution in [0, 0.1) is 5.92 Å². The second-order valence-electron chi connectivity index (χ2n) is 5.73. The maximum atomic E-state index is 11.7. The van der Waals surface area contributed by atoms with Crippen LogP contribution in [0.15, 0.2) is 24.5 Å². The van der Waals surface area contributed by atoms with Crippen molar-refractivity contribution in [2.45, 2.75) is 57.8 Å². The summed E-state index contributed by atoms with van der Waals surface area (Å²) < 4.78 is 5.30. The van der Waals surface area contributed by atoms with Gasteiger partial charge in [-0.25, -0.2) is 0 Å². The minimum absolute atomic E-state index is 0.0261. The fraction of sp³-hybridized carbons (Fsp3) is 0.647. The summed E-state index contributed by atoms with van der Waals surface area (Å²) in [5, 5.41) is 0. The Morgan fingerprint density at radius 2 is 2.15 bits per heavy atom. The number of esters is 1. The Kier molecular flexibility index (Phi) is 6.55. The van der Waals surface area contributed by atoms with Crippen LogP contribution in [0.4, 0.5) is 0 Å². The average molecular weight is 275 g/mol. The highest BCUT2D eigenvalue weighted by atomic mass is 16.5. The molecule has 0 aliphatic heterocycles. The number of hydrogen-bond donors (Lipinski definition) is 0. The molecule has 2 rings (SSSR count). The first kappa shape index (κ1) is 15.0. The average Bonchev–Trinajstić information content (AvgIpc) is 2.52. The van der Waals surface area contributed by atoms with Crippen molar-refractivity contribution in [1.82, 2.24) is 4.98 Å². The van der Waals surface area contributed by atoms with E-state index in [9.17, 15) is 4.79 Å². The molecule has 3 nitrogen and oxygen atoms in total. The molecule has 0 atom stereocenters. The first-order chi connectivity index (χ1) is 9.84. The fourth-order valence-electron chi connectivity index (χ4n) is 2.88. The molecule has 0 amide bonds. The molecule has 20 heavy (non-hydrogen) atoms. The number of carbonyl (C=O) groups is 1. The number of carbonyl (C=O) groups excluding carboxylic acids is 1. The van der Waals surface area contributed by atoms with E-state index in [1.165, 1.54) is 37.7 Å². The lowest BCUT2D eigenvalue weighted by Gasteiger charge is -2.20. The molecule has 0 aromatic carbocycles. The topological polar surface area (TPSA) is 39.2 Å². The summed E-state index contributed by atoms with van der Waals surface area (Å²) in [6.07, 6.45) is 13.7. The molecule has 1 heterocycles. The van der Waals surface area contributed by atoms with E-state index in [0.717, 1.165) is 25.2 Å². The van der Waals surface area contributed by atoms with E-state index < -0.39 is 0 Å². The van der Waals surface area contributed by atoms with Crippen molar-refractivity contribution in [1.29, 1.82) is 0 Å². The van der Waals surface area contributed by atoms with Crippen LogP contribution in [0.2, 0.25) is 0 Å². The van der Waals surface area contributed by atoms with Crippen molar-refractivity contribution in [3.05, 3.63) is 30.1 Å². The van der Waals surface area contributed by atoms with Crippen LogP contribution in [0.5, 0.6) is 0 Å². The Bertz CT molecular complexity index is 385. The molecule has 0 saturated heterocycles. The summed E-state index contributed by atoms with van der Waals surface area (Å²) in [6.45, 7) is 0.526. The van der Waals surface area contributed by atoms with Crippen molar-refractivity contribution in [2.75, 3.05) is 6.61 Å². The highest BCUT2D eigenvalue weighted by molar-refractivity contribution is 5.69. The van der Waals surface area contributed by atoms with E-state index in [-0.39, 0.29) is 5.97 Å². The molecular formula is C17H25NO2. The fourth-order valence-corrected chi connectivity index (χ4v) is 2.88.